The number of ether oxygens (including phenoxy) is 1. The van der Waals surface area contributed by atoms with Gasteiger partial charge in [-0.25, -0.2) is 0 Å². The van der Waals surface area contributed by atoms with Gasteiger partial charge in [0.05, 0.1) is 13.7 Å². The highest BCUT2D eigenvalue weighted by molar-refractivity contribution is 5.81. The molecule has 1 amide bonds. The minimum atomic E-state index is -0.371. The number of carbonyl (C=O) groups is 1. The molecule has 2 aromatic heterocycles. The predicted octanol–water partition coefficient (Wildman–Crippen LogP) is 1.79. The number of carbonyl (C=O) groups excluding carboxylic acids is 1. The van der Waals surface area contributed by atoms with E-state index in [0.29, 0.717) is 18.9 Å². The third-order valence-corrected chi connectivity index (χ3v) is 4.63. The van der Waals surface area contributed by atoms with Crippen LogP contribution in [0.5, 0.6) is 5.75 Å². The van der Waals surface area contributed by atoms with Crippen molar-refractivity contribution in [1.82, 2.24) is 29.4 Å². The summed E-state index contributed by atoms with van der Waals surface area (Å²) in [6, 6.07) is 9.23. The van der Waals surface area contributed by atoms with Crippen molar-refractivity contribution in [2.75, 3.05) is 7.11 Å². The Labute approximate surface area is 151 Å². The molecule has 3 heterocycles. The van der Waals surface area contributed by atoms with Crippen LogP contribution in [0.2, 0.25) is 0 Å². The highest BCUT2D eigenvalue weighted by atomic mass is 16.5. The fourth-order valence-electron chi connectivity index (χ4n) is 3.26. The van der Waals surface area contributed by atoms with Gasteiger partial charge in [-0.05, 0) is 30.7 Å². The molecule has 0 bridgehead atoms. The van der Waals surface area contributed by atoms with E-state index in [0.717, 1.165) is 22.8 Å². The first kappa shape index (κ1) is 16.3. The van der Waals surface area contributed by atoms with Crippen molar-refractivity contribution in [3.8, 4) is 17.3 Å². The van der Waals surface area contributed by atoms with Crippen LogP contribution in [0.4, 0.5) is 0 Å². The van der Waals surface area contributed by atoms with E-state index in [1.54, 1.807) is 16.7 Å². The van der Waals surface area contributed by atoms with Crippen molar-refractivity contribution >= 4 is 5.91 Å². The van der Waals surface area contributed by atoms with Crippen LogP contribution in [0.15, 0.2) is 36.5 Å². The number of aromatic nitrogens is 5. The minimum absolute atomic E-state index is 0.0466. The standard InChI is InChI=1S/C18H20N6O2/c1-12-18(25)23(10-13-4-6-14(26-3)7-5-13)11-16-19-20-17(24(12)16)15-8-9-22(2)21-15/h4-9,12H,10-11H2,1-3H3/t12-/m0/s1. The monoisotopic (exact) mass is 352 g/mol. The topological polar surface area (TPSA) is 78.1 Å². The van der Waals surface area contributed by atoms with Crippen LogP contribution in [0, 0.1) is 0 Å². The van der Waals surface area contributed by atoms with Crippen molar-refractivity contribution in [1.29, 1.82) is 0 Å². The molecule has 8 nitrogen and oxygen atoms in total. The van der Waals surface area contributed by atoms with Crippen LogP contribution in [-0.2, 0) is 24.9 Å². The molecule has 1 atom stereocenters. The lowest BCUT2D eigenvalue weighted by atomic mass is 10.1. The number of rotatable bonds is 4. The second-order valence-electron chi connectivity index (χ2n) is 6.40. The first-order valence-corrected chi connectivity index (χ1v) is 8.42. The number of hydrogen-bond acceptors (Lipinski definition) is 5. The number of benzene rings is 1. The number of amides is 1. The molecule has 0 radical (unpaired) electrons. The Kier molecular flexibility index (Phi) is 3.95. The van der Waals surface area contributed by atoms with Gasteiger partial charge in [-0.2, -0.15) is 5.10 Å². The summed E-state index contributed by atoms with van der Waals surface area (Å²) in [5, 5.41) is 12.9. The third kappa shape index (κ3) is 2.73. The summed E-state index contributed by atoms with van der Waals surface area (Å²) < 4.78 is 8.78. The van der Waals surface area contributed by atoms with E-state index in [-0.39, 0.29) is 11.9 Å². The normalized spacial score (nSPS) is 16.7. The van der Waals surface area contributed by atoms with Crippen LogP contribution in [-0.4, -0.2) is 42.5 Å². The molecule has 26 heavy (non-hydrogen) atoms. The first-order chi connectivity index (χ1) is 12.6. The fraction of sp³-hybridized carbons (Fsp3) is 0.333. The Hall–Kier alpha value is -3.16. The Bertz CT molecular complexity index is 943. The Morgan fingerprint density at radius 3 is 2.62 bits per heavy atom. The summed E-state index contributed by atoms with van der Waals surface area (Å²) in [4.78, 5) is 14.7. The molecule has 0 aliphatic carbocycles. The van der Waals surface area contributed by atoms with Gasteiger partial charge in [0.15, 0.2) is 11.6 Å². The molecule has 1 aliphatic rings. The van der Waals surface area contributed by atoms with E-state index in [1.807, 2.05) is 55.1 Å². The summed E-state index contributed by atoms with van der Waals surface area (Å²) in [7, 11) is 3.49. The van der Waals surface area contributed by atoms with Gasteiger partial charge >= 0.3 is 0 Å². The second kappa shape index (κ2) is 6.29. The van der Waals surface area contributed by atoms with E-state index in [2.05, 4.69) is 15.3 Å². The van der Waals surface area contributed by atoms with Crippen molar-refractivity contribution in [3.63, 3.8) is 0 Å². The maximum absolute atomic E-state index is 12.9. The molecule has 0 unspecified atom stereocenters. The van der Waals surface area contributed by atoms with Crippen LogP contribution in [0.25, 0.3) is 11.5 Å². The largest absolute Gasteiger partial charge is 0.497 e. The molecule has 8 heteroatoms. The van der Waals surface area contributed by atoms with Crippen LogP contribution < -0.4 is 4.74 Å². The molecule has 4 rings (SSSR count). The zero-order valence-electron chi connectivity index (χ0n) is 15.0. The van der Waals surface area contributed by atoms with E-state index in [9.17, 15) is 4.79 Å². The number of nitrogens with zero attached hydrogens (tertiary/aromatic N) is 6. The number of hydrogen-bond donors (Lipinski definition) is 0. The average molecular weight is 352 g/mol. The van der Waals surface area contributed by atoms with Gasteiger partial charge in [0.25, 0.3) is 0 Å². The molecule has 0 N–H and O–H groups in total. The molecular weight excluding hydrogens is 332 g/mol. The Morgan fingerprint density at radius 1 is 1.19 bits per heavy atom. The Morgan fingerprint density at radius 2 is 1.96 bits per heavy atom. The molecule has 3 aromatic rings. The zero-order valence-corrected chi connectivity index (χ0v) is 15.0. The van der Waals surface area contributed by atoms with Gasteiger partial charge in [-0.1, -0.05) is 12.1 Å². The number of aryl methyl sites for hydroxylation is 1. The quantitative estimate of drug-likeness (QED) is 0.715. The zero-order chi connectivity index (χ0) is 18.3. The van der Waals surface area contributed by atoms with Gasteiger partial charge in [0.1, 0.15) is 17.5 Å². The minimum Gasteiger partial charge on any atom is -0.497 e. The molecule has 0 fully saturated rings. The lowest BCUT2D eigenvalue weighted by Gasteiger charge is -2.32. The smallest absolute Gasteiger partial charge is 0.246 e. The van der Waals surface area contributed by atoms with E-state index >= 15 is 0 Å². The summed E-state index contributed by atoms with van der Waals surface area (Å²) in [5.74, 6) is 2.24. The van der Waals surface area contributed by atoms with E-state index in [1.165, 1.54) is 0 Å². The molecule has 0 saturated heterocycles. The maximum Gasteiger partial charge on any atom is 0.246 e. The average Bonchev–Trinajstić information content (AvgIpc) is 3.26. The van der Waals surface area contributed by atoms with Gasteiger partial charge < -0.3 is 9.64 Å². The van der Waals surface area contributed by atoms with Crippen LogP contribution in [0.3, 0.4) is 0 Å². The fourth-order valence-corrected chi connectivity index (χ4v) is 3.26. The predicted molar refractivity (Wildman–Crippen MR) is 94.2 cm³/mol. The lowest BCUT2D eigenvalue weighted by molar-refractivity contribution is -0.137. The van der Waals surface area contributed by atoms with Crippen molar-refractivity contribution in [3.05, 3.63) is 47.9 Å². The second-order valence-corrected chi connectivity index (χ2v) is 6.40. The molecule has 1 aliphatic heterocycles. The maximum atomic E-state index is 12.9. The van der Waals surface area contributed by atoms with Gasteiger partial charge in [-0.15, -0.1) is 10.2 Å². The van der Waals surface area contributed by atoms with Crippen LogP contribution in [0.1, 0.15) is 24.4 Å². The summed E-state index contributed by atoms with van der Waals surface area (Å²) in [6.07, 6.45) is 1.85. The molecule has 0 saturated carbocycles. The van der Waals surface area contributed by atoms with Crippen molar-refractivity contribution in [2.45, 2.75) is 26.1 Å². The number of methoxy groups -OCH3 is 1. The van der Waals surface area contributed by atoms with E-state index in [4.69, 9.17) is 4.74 Å². The molecule has 0 spiro atoms. The first-order valence-electron chi connectivity index (χ1n) is 8.42. The SMILES string of the molecule is COc1ccc(CN2Cc3nnc(-c4ccn(C)n4)n3[C@@H](C)C2=O)cc1. The molecular formula is C18H20N6O2. The van der Waals surface area contributed by atoms with Gasteiger partial charge in [-0.3, -0.25) is 14.0 Å². The van der Waals surface area contributed by atoms with Crippen molar-refractivity contribution < 1.29 is 9.53 Å². The third-order valence-electron chi connectivity index (χ3n) is 4.63. The van der Waals surface area contributed by atoms with Gasteiger partial charge in [0, 0.05) is 19.8 Å². The van der Waals surface area contributed by atoms with Crippen LogP contribution >= 0.6 is 0 Å². The van der Waals surface area contributed by atoms with Gasteiger partial charge in [0.2, 0.25) is 5.91 Å². The highest BCUT2D eigenvalue weighted by Crippen LogP contribution is 2.28. The van der Waals surface area contributed by atoms with E-state index < -0.39 is 0 Å². The molecule has 1 aromatic carbocycles. The summed E-state index contributed by atoms with van der Waals surface area (Å²) in [6.45, 7) is 2.83. The summed E-state index contributed by atoms with van der Waals surface area (Å²) in [5.41, 5.74) is 1.76. The summed E-state index contributed by atoms with van der Waals surface area (Å²) >= 11 is 0. The van der Waals surface area contributed by atoms with Crippen molar-refractivity contribution in [2.24, 2.45) is 7.05 Å². The number of fused-ring (bicyclic) bond motifs is 1. The Balaban J connectivity index is 1.61. The molecule has 134 valence electrons. The lowest BCUT2D eigenvalue weighted by Crippen LogP contribution is -2.41. The highest BCUT2D eigenvalue weighted by Gasteiger charge is 2.33.